The molecule has 1 heterocycles. The van der Waals surface area contributed by atoms with E-state index in [1.807, 2.05) is 0 Å². The van der Waals surface area contributed by atoms with Gasteiger partial charge >= 0.3 is 12.1 Å². The molecule has 0 N–H and O–H groups in total. The van der Waals surface area contributed by atoms with Crippen LogP contribution in [0.4, 0.5) is 13.2 Å². The van der Waals surface area contributed by atoms with Crippen molar-refractivity contribution in [2.75, 3.05) is 0 Å². The molecule has 0 radical (unpaired) electrons. The summed E-state index contributed by atoms with van der Waals surface area (Å²) in [6, 6.07) is 8.96. The lowest BCUT2D eigenvalue weighted by molar-refractivity contribution is -0.141. The second-order valence-corrected chi connectivity index (χ2v) is 3.86. The smallest absolute Gasteiger partial charge is 0.426 e. The van der Waals surface area contributed by atoms with Crippen LogP contribution in [-0.2, 0) is 17.4 Å². The molecule has 0 bridgehead atoms. The fourth-order valence-corrected chi connectivity index (χ4v) is 1.45. The van der Waals surface area contributed by atoms with Crippen molar-refractivity contribution >= 4 is 5.97 Å². The molecule has 2 aromatic rings. The second-order valence-electron chi connectivity index (χ2n) is 3.86. The molecule has 0 spiro atoms. The molecular formula is C13H9F3N2O2. The van der Waals surface area contributed by atoms with Crippen molar-refractivity contribution in [3.63, 3.8) is 0 Å². The second kappa shape index (κ2) is 5.68. The predicted octanol–water partition coefficient (Wildman–Crippen LogP) is 2.64. The highest BCUT2D eigenvalue weighted by Gasteiger charge is 2.32. The number of carbonyl (C=O) groups excluding carboxylic acids is 1. The number of aromatic nitrogens is 2. The maximum Gasteiger partial charge on any atom is 0.433 e. The Hall–Kier alpha value is -2.44. The molecule has 1 aromatic heterocycles. The molecule has 0 aliphatic heterocycles. The summed E-state index contributed by atoms with van der Waals surface area (Å²) in [5.41, 5.74) is -1.14. The summed E-state index contributed by atoms with van der Waals surface area (Å²) in [5, 5.41) is 0. The average molecular weight is 282 g/mol. The van der Waals surface area contributed by atoms with Gasteiger partial charge in [-0.15, -0.1) is 0 Å². The van der Waals surface area contributed by atoms with Gasteiger partial charge in [0.2, 0.25) is 0 Å². The molecule has 20 heavy (non-hydrogen) atoms. The number of halogens is 3. The van der Waals surface area contributed by atoms with Crippen molar-refractivity contribution in [1.29, 1.82) is 0 Å². The Morgan fingerprint density at radius 1 is 1.15 bits per heavy atom. The van der Waals surface area contributed by atoms with Gasteiger partial charge in [0.15, 0.2) is 0 Å². The molecule has 7 heteroatoms. The maximum absolute atomic E-state index is 12.4. The molecule has 0 aliphatic carbocycles. The zero-order valence-corrected chi connectivity index (χ0v) is 10.1. The van der Waals surface area contributed by atoms with E-state index < -0.39 is 17.8 Å². The fourth-order valence-electron chi connectivity index (χ4n) is 1.45. The van der Waals surface area contributed by atoms with Crippen molar-refractivity contribution < 1.29 is 22.7 Å². The van der Waals surface area contributed by atoms with Gasteiger partial charge in [-0.05, 0) is 18.2 Å². The molecule has 0 amide bonds. The Kier molecular flexibility index (Phi) is 3.97. The minimum absolute atomic E-state index is 0.0479. The number of benzene rings is 1. The number of rotatable bonds is 3. The van der Waals surface area contributed by atoms with Crippen LogP contribution in [0, 0.1) is 0 Å². The lowest BCUT2D eigenvalue weighted by Crippen LogP contribution is -2.14. The quantitative estimate of drug-likeness (QED) is 0.641. The SMILES string of the molecule is O=C(Cc1cc(C(F)(F)F)ncn1)Oc1ccccc1. The summed E-state index contributed by atoms with van der Waals surface area (Å²) < 4.78 is 42.3. The molecule has 2 rings (SSSR count). The van der Waals surface area contributed by atoms with E-state index >= 15 is 0 Å². The van der Waals surface area contributed by atoms with Crippen molar-refractivity contribution in [2.45, 2.75) is 12.6 Å². The van der Waals surface area contributed by atoms with Crippen molar-refractivity contribution in [1.82, 2.24) is 9.97 Å². The third kappa shape index (κ3) is 3.78. The third-order valence-electron chi connectivity index (χ3n) is 2.31. The standard InChI is InChI=1S/C13H9F3N2O2/c14-13(15,16)11-6-9(17-8-18-11)7-12(19)20-10-4-2-1-3-5-10/h1-6,8H,7H2. The molecule has 0 saturated carbocycles. The number of nitrogens with zero attached hydrogens (tertiary/aromatic N) is 2. The Bertz CT molecular complexity index is 600. The van der Waals surface area contributed by atoms with Crippen LogP contribution in [0.2, 0.25) is 0 Å². The van der Waals surface area contributed by atoms with Crippen LogP contribution < -0.4 is 4.74 Å². The van der Waals surface area contributed by atoms with Crippen LogP contribution in [0.5, 0.6) is 5.75 Å². The van der Waals surface area contributed by atoms with Crippen molar-refractivity contribution in [3.8, 4) is 5.75 Å². The van der Waals surface area contributed by atoms with E-state index in [1.165, 1.54) is 0 Å². The molecule has 104 valence electrons. The highest BCUT2D eigenvalue weighted by molar-refractivity contribution is 5.74. The van der Waals surface area contributed by atoms with Crippen molar-refractivity contribution in [3.05, 3.63) is 54.1 Å². The summed E-state index contributed by atoms with van der Waals surface area (Å²) in [7, 11) is 0. The summed E-state index contributed by atoms with van der Waals surface area (Å²) in [6.07, 6.45) is -4.16. The number of para-hydroxylation sites is 1. The fraction of sp³-hybridized carbons (Fsp3) is 0.154. The highest BCUT2D eigenvalue weighted by Crippen LogP contribution is 2.27. The molecule has 0 unspecified atom stereocenters. The van der Waals surface area contributed by atoms with E-state index in [0.29, 0.717) is 5.75 Å². The van der Waals surface area contributed by atoms with E-state index in [0.717, 1.165) is 12.4 Å². The number of hydrogen-bond donors (Lipinski definition) is 0. The monoisotopic (exact) mass is 282 g/mol. The molecule has 4 nitrogen and oxygen atoms in total. The molecule has 1 aromatic carbocycles. The zero-order chi connectivity index (χ0) is 14.6. The number of ether oxygens (including phenoxy) is 1. The molecule has 0 saturated heterocycles. The van der Waals surface area contributed by atoms with E-state index in [4.69, 9.17) is 4.74 Å². The zero-order valence-electron chi connectivity index (χ0n) is 10.1. The molecule has 0 atom stereocenters. The maximum atomic E-state index is 12.4. The first-order chi connectivity index (χ1) is 9.45. The van der Waals surface area contributed by atoms with E-state index in [2.05, 4.69) is 9.97 Å². The highest BCUT2D eigenvalue weighted by atomic mass is 19.4. The first-order valence-electron chi connectivity index (χ1n) is 5.59. The van der Waals surface area contributed by atoms with Gasteiger partial charge in [0.25, 0.3) is 0 Å². The Labute approximate surface area is 112 Å². The third-order valence-corrected chi connectivity index (χ3v) is 2.31. The number of carbonyl (C=O) groups is 1. The van der Waals surface area contributed by atoms with Gasteiger partial charge in [-0.2, -0.15) is 13.2 Å². The van der Waals surface area contributed by atoms with Gasteiger partial charge in [-0.25, -0.2) is 9.97 Å². The van der Waals surface area contributed by atoms with Gasteiger partial charge in [0, 0.05) is 0 Å². The summed E-state index contributed by atoms with van der Waals surface area (Å²) in [6.45, 7) is 0. The first kappa shape index (κ1) is 14.0. The lowest BCUT2D eigenvalue weighted by Gasteiger charge is -2.07. The van der Waals surface area contributed by atoms with Gasteiger partial charge in [0.1, 0.15) is 17.8 Å². The van der Waals surface area contributed by atoms with Crippen LogP contribution >= 0.6 is 0 Å². The Morgan fingerprint density at radius 3 is 2.50 bits per heavy atom. The number of alkyl halides is 3. The van der Waals surface area contributed by atoms with Gasteiger partial charge < -0.3 is 4.74 Å². The summed E-state index contributed by atoms with van der Waals surface area (Å²) >= 11 is 0. The van der Waals surface area contributed by atoms with E-state index in [1.54, 1.807) is 30.3 Å². The lowest BCUT2D eigenvalue weighted by atomic mass is 10.2. The van der Waals surface area contributed by atoms with Gasteiger partial charge in [0.05, 0.1) is 12.1 Å². The van der Waals surface area contributed by atoms with Crippen LogP contribution in [0.3, 0.4) is 0 Å². The number of hydrogen-bond acceptors (Lipinski definition) is 4. The Morgan fingerprint density at radius 2 is 1.85 bits per heavy atom. The van der Waals surface area contributed by atoms with Gasteiger partial charge in [-0.3, -0.25) is 4.79 Å². The van der Waals surface area contributed by atoms with Gasteiger partial charge in [-0.1, -0.05) is 18.2 Å². The van der Waals surface area contributed by atoms with Crippen LogP contribution in [0.1, 0.15) is 11.4 Å². The molecule has 0 aliphatic rings. The largest absolute Gasteiger partial charge is 0.433 e. The van der Waals surface area contributed by atoms with Crippen LogP contribution in [-0.4, -0.2) is 15.9 Å². The first-order valence-corrected chi connectivity index (χ1v) is 5.59. The van der Waals surface area contributed by atoms with Crippen LogP contribution in [0.15, 0.2) is 42.7 Å². The number of esters is 1. The molecular weight excluding hydrogens is 273 g/mol. The van der Waals surface area contributed by atoms with E-state index in [-0.39, 0.29) is 12.1 Å². The summed E-state index contributed by atoms with van der Waals surface area (Å²) in [4.78, 5) is 18.3. The average Bonchev–Trinajstić information content (AvgIpc) is 2.39. The predicted molar refractivity (Wildman–Crippen MR) is 62.8 cm³/mol. The van der Waals surface area contributed by atoms with Crippen molar-refractivity contribution in [2.24, 2.45) is 0 Å². The minimum atomic E-state index is -4.57. The Balaban J connectivity index is 2.05. The minimum Gasteiger partial charge on any atom is -0.426 e. The normalized spacial score (nSPS) is 11.2. The van der Waals surface area contributed by atoms with Crippen LogP contribution in [0.25, 0.3) is 0 Å². The topological polar surface area (TPSA) is 52.1 Å². The summed E-state index contributed by atoms with van der Waals surface area (Å²) in [5.74, 6) is -0.370. The molecule has 0 fully saturated rings. The van der Waals surface area contributed by atoms with E-state index in [9.17, 15) is 18.0 Å².